The molecular formula is C15H12N2O6. The zero-order chi connectivity index (χ0) is 16.4. The highest BCUT2D eigenvalue weighted by Gasteiger charge is 2.67. The van der Waals surface area contributed by atoms with Crippen molar-refractivity contribution in [2.75, 3.05) is 11.4 Å². The van der Waals surface area contributed by atoms with E-state index in [1.807, 2.05) is 0 Å². The molecule has 8 heteroatoms. The number of hydrogen-bond acceptors (Lipinski definition) is 5. The first-order valence-corrected chi connectivity index (χ1v) is 7.09. The minimum Gasteiger partial charge on any atom is -0.481 e. The zero-order valence-electron chi connectivity index (χ0n) is 11.8. The molecule has 0 unspecified atom stereocenters. The van der Waals surface area contributed by atoms with Crippen molar-refractivity contribution in [2.24, 2.45) is 11.8 Å². The summed E-state index contributed by atoms with van der Waals surface area (Å²) in [7, 11) is 0. The number of carbonyl (C=O) groups is 2. The van der Waals surface area contributed by atoms with Gasteiger partial charge in [0.25, 0.3) is 5.69 Å². The van der Waals surface area contributed by atoms with E-state index in [1.165, 1.54) is 23.1 Å². The number of ether oxygens (including phenoxy) is 1. The molecule has 0 aliphatic carbocycles. The molecule has 3 aliphatic rings. The van der Waals surface area contributed by atoms with Crippen LogP contribution in [0.2, 0.25) is 0 Å². The number of fused-ring (bicyclic) bond motifs is 1. The SMILES string of the molecule is O=C(O)[C@@H]1[C@H]2C(=O)N(c3cccc([N+](=O)[O-])c3)C[C@]23C=C[C@H]1O3. The van der Waals surface area contributed by atoms with Crippen molar-refractivity contribution >= 4 is 23.3 Å². The predicted molar refractivity (Wildman–Crippen MR) is 76.8 cm³/mol. The number of nitrogens with zero attached hydrogens (tertiary/aromatic N) is 2. The maximum Gasteiger partial charge on any atom is 0.310 e. The molecule has 8 nitrogen and oxygen atoms in total. The number of carboxylic acids is 1. The standard InChI is InChI=1S/C15H12N2O6/c18-13-12-11(14(19)20)10-4-5-15(12,23-10)7-16(13)8-2-1-3-9(6-8)17(21)22/h1-6,10-12H,7H2,(H,19,20)/t10-,11+,12+,15-/m1/s1. The molecule has 4 atom stereocenters. The van der Waals surface area contributed by atoms with Gasteiger partial charge in [0.15, 0.2) is 0 Å². The molecule has 1 amide bonds. The molecule has 1 N–H and O–H groups in total. The number of amides is 1. The quantitative estimate of drug-likeness (QED) is 0.505. The van der Waals surface area contributed by atoms with Crippen molar-refractivity contribution in [3.63, 3.8) is 0 Å². The van der Waals surface area contributed by atoms with E-state index in [2.05, 4.69) is 0 Å². The van der Waals surface area contributed by atoms with E-state index >= 15 is 0 Å². The fourth-order valence-corrected chi connectivity index (χ4v) is 3.77. The summed E-state index contributed by atoms with van der Waals surface area (Å²) in [5.74, 6) is -3.16. The first-order chi connectivity index (χ1) is 10.9. The third kappa shape index (κ3) is 1.75. The smallest absolute Gasteiger partial charge is 0.310 e. The van der Waals surface area contributed by atoms with Crippen LogP contribution in [0.15, 0.2) is 36.4 Å². The van der Waals surface area contributed by atoms with Crippen LogP contribution in [0.4, 0.5) is 11.4 Å². The van der Waals surface area contributed by atoms with E-state index in [9.17, 15) is 24.8 Å². The lowest BCUT2D eigenvalue weighted by molar-refractivity contribution is -0.384. The Balaban J connectivity index is 1.73. The third-order valence-corrected chi connectivity index (χ3v) is 4.74. The van der Waals surface area contributed by atoms with E-state index in [-0.39, 0.29) is 18.1 Å². The molecule has 2 bridgehead atoms. The molecule has 4 rings (SSSR count). The van der Waals surface area contributed by atoms with Crippen LogP contribution in [0, 0.1) is 22.0 Å². The van der Waals surface area contributed by atoms with Gasteiger partial charge < -0.3 is 14.7 Å². The van der Waals surface area contributed by atoms with Gasteiger partial charge in [0.2, 0.25) is 5.91 Å². The van der Waals surface area contributed by atoms with Crippen LogP contribution in [0.1, 0.15) is 0 Å². The van der Waals surface area contributed by atoms with Gasteiger partial charge >= 0.3 is 5.97 Å². The van der Waals surface area contributed by atoms with Gasteiger partial charge in [0.1, 0.15) is 11.5 Å². The normalized spacial score (nSPS) is 34.0. The van der Waals surface area contributed by atoms with Crippen molar-refractivity contribution in [3.05, 3.63) is 46.5 Å². The van der Waals surface area contributed by atoms with Gasteiger partial charge in [0.05, 0.1) is 29.2 Å². The topological polar surface area (TPSA) is 110 Å². The van der Waals surface area contributed by atoms with E-state index in [0.717, 1.165) is 0 Å². The summed E-state index contributed by atoms with van der Waals surface area (Å²) in [6.45, 7) is 0.161. The molecule has 3 aliphatic heterocycles. The van der Waals surface area contributed by atoms with Crippen LogP contribution >= 0.6 is 0 Å². The zero-order valence-corrected chi connectivity index (χ0v) is 11.8. The van der Waals surface area contributed by atoms with Gasteiger partial charge in [-0.3, -0.25) is 19.7 Å². The highest BCUT2D eigenvalue weighted by molar-refractivity contribution is 6.02. The van der Waals surface area contributed by atoms with Crippen molar-refractivity contribution in [3.8, 4) is 0 Å². The van der Waals surface area contributed by atoms with Crippen LogP contribution in [0.5, 0.6) is 0 Å². The lowest BCUT2D eigenvalue weighted by Gasteiger charge is -2.21. The summed E-state index contributed by atoms with van der Waals surface area (Å²) in [4.78, 5) is 36.0. The number of nitro groups is 1. The fraction of sp³-hybridized carbons (Fsp3) is 0.333. The molecule has 118 valence electrons. The Morgan fingerprint density at radius 2 is 2.26 bits per heavy atom. The third-order valence-electron chi connectivity index (χ3n) is 4.74. The second kappa shape index (κ2) is 4.39. The number of hydrogen-bond donors (Lipinski definition) is 1. The van der Waals surface area contributed by atoms with E-state index in [4.69, 9.17) is 4.74 Å². The molecule has 1 aromatic rings. The summed E-state index contributed by atoms with van der Waals surface area (Å²) in [6.07, 6.45) is 2.84. The molecule has 23 heavy (non-hydrogen) atoms. The second-order valence-electron chi connectivity index (χ2n) is 5.94. The molecule has 0 radical (unpaired) electrons. The second-order valence-corrected chi connectivity index (χ2v) is 5.94. The van der Waals surface area contributed by atoms with Gasteiger partial charge in [-0.1, -0.05) is 18.2 Å². The number of carboxylic acid groups (broad SMARTS) is 1. The highest BCUT2D eigenvalue weighted by Crippen LogP contribution is 2.52. The lowest BCUT2D eigenvalue weighted by atomic mass is 9.77. The number of carbonyl (C=O) groups excluding carboxylic acids is 1. The van der Waals surface area contributed by atoms with Crippen LogP contribution in [0.3, 0.4) is 0 Å². The Morgan fingerprint density at radius 1 is 1.48 bits per heavy atom. The van der Waals surface area contributed by atoms with Crippen LogP contribution in [-0.4, -0.2) is 40.2 Å². The summed E-state index contributed by atoms with van der Waals surface area (Å²) in [6, 6.07) is 5.73. The van der Waals surface area contributed by atoms with E-state index < -0.39 is 34.4 Å². The maximum absolute atomic E-state index is 12.7. The number of aliphatic carboxylic acids is 1. The molecule has 0 saturated carbocycles. The van der Waals surface area contributed by atoms with Gasteiger partial charge in [-0.05, 0) is 6.07 Å². The summed E-state index contributed by atoms with van der Waals surface area (Å²) in [5, 5.41) is 20.3. The first kappa shape index (κ1) is 13.9. The molecule has 0 aromatic heterocycles. The molecule has 1 aromatic carbocycles. The average molecular weight is 316 g/mol. The number of non-ortho nitro benzene ring substituents is 1. The first-order valence-electron chi connectivity index (χ1n) is 7.09. The largest absolute Gasteiger partial charge is 0.481 e. The monoisotopic (exact) mass is 316 g/mol. The molecular weight excluding hydrogens is 304 g/mol. The van der Waals surface area contributed by atoms with Gasteiger partial charge in [-0.2, -0.15) is 0 Å². The number of nitro benzene ring substituents is 1. The Labute approximate surface area is 130 Å². The molecule has 2 fully saturated rings. The highest BCUT2D eigenvalue weighted by atomic mass is 16.6. The number of benzene rings is 1. The van der Waals surface area contributed by atoms with Crippen molar-refractivity contribution in [1.82, 2.24) is 0 Å². The van der Waals surface area contributed by atoms with Gasteiger partial charge in [0, 0.05) is 12.1 Å². The van der Waals surface area contributed by atoms with Crippen molar-refractivity contribution < 1.29 is 24.4 Å². The Morgan fingerprint density at radius 3 is 2.96 bits per heavy atom. The van der Waals surface area contributed by atoms with Crippen LogP contribution in [-0.2, 0) is 14.3 Å². The average Bonchev–Trinajstić information content (AvgIpc) is 3.15. The Hall–Kier alpha value is -2.74. The van der Waals surface area contributed by atoms with Crippen LogP contribution < -0.4 is 4.90 Å². The molecule has 3 heterocycles. The van der Waals surface area contributed by atoms with Crippen molar-refractivity contribution in [1.29, 1.82) is 0 Å². The molecule has 2 saturated heterocycles. The summed E-state index contributed by atoms with van der Waals surface area (Å²) < 4.78 is 5.77. The van der Waals surface area contributed by atoms with Gasteiger partial charge in [-0.25, -0.2) is 0 Å². The Bertz CT molecular complexity index is 775. The number of rotatable bonds is 3. The number of anilines is 1. The predicted octanol–water partition coefficient (Wildman–Crippen LogP) is 0.966. The van der Waals surface area contributed by atoms with Crippen molar-refractivity contribution in [2.45, 2.75) is 11.7 Å². The van der Waals surface area contributed by atoms with E-state index in [0.29, 0.717) is 5.69 Å². The van der Waals surface area contributed by atoms with Gasteiger partial charge in [-0.15, -0.1) is 0 Å². The van der Waals surface area contributed by atoms with E-state index in [1.54, 1.807) is 18.2 Å². The summed E-state index contributed by atoms with van der Waals surface area (Å²) >= 11 is 0. The van der Waals surface area contributed by atoms with Crippen LogP contribution in [0.25, 0.3) is 0 Å². The lowest BCUT2D eigenvalue weighted by Crippen LogP contribution is -2.39. The maximum atomic E-state index is 12.7. The molecule has 1 spiro atoms. The summed E-state index contributed by atoms with van der Waals surface area (Å²) in [5.41, 5.74) is -0.701. The Kier molecular flexibility index (Phi) is 2.65. The fourth-order valence-electron chi connectivity index (χ4n) is 3.77. The minimum absolute atomic E-state index is 0.125. The minimum atomic E-state index is -1.07.